The quantitative estimate of drug-likeness (QED) is 0.512. The van der Waals surface area contributed by atoms with Crippen molar-refractivity contribution < 1.29 is 23.1 Å². The minimum atomic E-state index is -0.486. The molecule has 1 aromatic heterocycles. The maximum atomic E-state index is 14.0. The molecule has 0 unspecified atom stereocenters. The van der Waals surface area contributed by atoms with Crippen LogP contribution in [0.4, 0.5) is 4.39 Å². The summed E-state index contributed by atoms with van der Waals surface area (Å²) in [5.74, 6) is 0.0372. The zero-order valence-corrected chi connectivity index (χ0v) is 15.3. The van der Waals surface area contributed by atoms with Gasteiger partial charge in [-0.3, -0.25) is 0 Å². The fourth-order valence-electron chi connectivity index (χ4n) is 2.59. The molecule has 0 spiro atoms. The Morgan fingerprint density at radius 3 is 2.54 bits per heavy atom. The highest BCUT2D eigenvalue weighted by Crippen LogP contribution is 2.38. The van der Waals surface area contributed by atoms with E-state index < -0.39 is 6.29 Å². The Bertz CT molecular complexity index is 877. The summed E-state index contributed by atoms with van der Waals surface area (Å²) in [6, 6.07) is 9.80. The van der Waals surface area contributed by atoms with E-state index in [0.717, 1.165) is 0 Å². The molecule has 138 valence electrons. The number of hydrogen-bond acceptors (Lipinski definition) is 5. The first-order chi connectivity index (χ1) is 12.7. The van der Waals surface area contributed by atoms with Crippen LogP contribution in [-0.2, 0) is 9.47 Å². The van der Waals surface area contributed by atoms with Crippen LogP contribution >= 0.6 is 11.6 Å². The Morgan fingerprint density at radius 2 is 1.85 bits per heavy atom. The zero-order valence-electron chi connectivity index (χ0n) is 14.5. The maximum absolute atomic E-state index is 14.0. The largest absolute Gasteiger partial charge is 0.487 e. The SMILES string of the molecule is CCOC(COc1ccc2c(-c3ccccc3F)noc2c1Cl)OCC. The Balaban J connectivity index is 1.87. The lowest BCUT2D eigenvalue weighted by Crippen LogP contribution is -2.25. The summed E-state index contributed by atoms with van der Waals surface area (Å²) in [5.41, 5.74) is 1.09. The van der Waals surface area contributed by atoms with Gasteiger partial charge in [-0.2, -0.15) is 0 Å². The summed E-state index contributed by atoms with van der Waals surface area (Å²) in [6.07, 6.45) is -0.486. The molecule has 0 amide bonds. The van der Waals surface area contributed by atoms with Gasteiger partial charge in [-0.25, -0.2) is 4.39 Å². The molecule has 7 heteroatoms. The molecule has 0 fully saturated rings. The molecule has 1 heterocycles. The number of ether oxygens (including phenoxy) is 3. The van der Waals surface area contributed by atoms with Crippen molar-refractivity contribution in [3.63, 3.8) is 0 Å². The molecular formula is C19H19ClFNO4. The lowest BCUT2D eigenvalue weighted by Gasteiger charge is -2.17. The summed E-state index contributed by atoms with van der Waals surface area (Å²) < 4.78 is 36.0. The normalized spacial score (nSPS) is 11.4. The minimum Gasteiger partial charge on any atom is -0.487 e. The number of aromatic nitrogens is 1. The minimum absolute atomic E-state index is 0.182. The topological polar surface area (TPSA) is 53.7 Å². The summed E-state index contributed by atoms with van der Waals surface area (Å²) >= 11 is 6.39. The number of nitrogens with zero attached hydrogens (tertiary/aromatic N) is 1. The van der Waals surface area contributed by atoms with E-state index in [4.69, 9.17) is 30.3 Å². The fourth-order valence-corrected chi connectivity index (χ4v) is 2.84. The zero-order chi connectivity index (χ0) is 18.5. The number of benzene rings is 2. The Morgan fingerprint density at radius 1 is 1.12 bits per heavy atom. The highest BCUT2D eigenvalue weighted by molar-refractivity contribution is 6.36. The van der Waals surface area contributed by atoms with Gasteiger partial charge in [-0.1, -0.05) is 28.9 Å². The Labute approximate surface area is 155 Å². The second-order valence-electron chi connectivity index (χ2n) is 5.42. The van der Waals surface area contributed by atoms with Crippen molar-refractivity contribution >= 4 is 22.6 Å². The van der Waals surface area contributed by atoms with Crippen molar-refractivity contribution in [3.8, 4) is 17.0 Å². The van der Waals surface area contributed by atoms with Crippen LogP contribution in [0.2, 0.25) is 5.02 Å². The van der Waals surface area contributed by atoms with E-state index in [1.807, 2.05) is 13.8 Å². The van der Waals surface area contributed by atoms with Crippen molar-refractivity contribution in [2.24, 2.45) is 0 Å². The van der Waals surface area contributed by atoms with Gasteiger partial charge in [0.2, 0.25) is 0 Å². The third kappa shape index (κ3) is 3.82. The molecule has 0 saturated carbocycles. The number of rotatable bonds is 8. The van der Waals surface area contributed by atoms with Gasteiger partial charge in [0.25, 0.3) is 0 Å². The molecule has 3 aromatic rings. The first-order valence-corrected chi connectivity index (χ1v) is 8.72. The second kappa shape index (κ2) is 8.49. The van der Waals surface area contributed by atoms with Crippen molar-refractivity contribution in [2.75, 3.05) is 19.8 Å². The molecule has 0 bridgehead atoms. The molecule has 0 atom stereocenters. The van der Waals surface area contributed by atoms with Crippen molar-refractivity contribution in [2.45, 2.75) is 20.1 Å². The highest BCUT2D eigenvalue weighted by atomic mass is 35.5. The van der Waals surface area contributed by atoms with Gasteiger partial charge in [0.1, 0.15) is 28.9 Å². The van der Waals surface area contributed by atoms with Crippen LogP contribution in [0.1, 0.15) is 13.8 Å². The molecule has 0 aliphatic carbocycles. The lowest BCUT2D eigenvalue weighted by atomic mass is 10.1. The summed E-state index contributed by atoms with van der Waals surface area (Å²) in [5, 5.41) is 4.86. The van der Waals surface area contributed by atoms with Gasteiger partial charge >= 0.3 is 0 Å². The van der Waals surface area contributed by atoms with Crippen LogP contribution in [-0.4, -0.2) is 31.3 Å². The second-order valence-corrected chi connectivity index (χ2v) is 5.79. The average molecular weight is 380 g/mol. The van der Waals surface area contributed by atoms with Crippen molar-refractivity contribution in [1.29, 1.82) is 0 Å². The molecular weight excluding hydrogens is 361 g/mol. The molecule has 3 rings (SSSR count). The predicted molar refractivity (Wildman–Crippen MR) is 96.9 cm³/mol. The number of hydrogen-bond donors (Lipinski definition) is 0. The molecule has 0 N–H and O–H groups in total. The van der Waals surface area contributed by atoms with Gasteiger partial charge in [-0.05, 0) is 38.1 Å². The lowest BCUT2D eigenvalue weighted by molar-refractivity contribution is -0.152. The average Bonchev–Trinajstić information content (AvgIpc) is 3.06. The number of halogens is 2. The Hall–Kier alpha value is -2.15. The first kappa shape index (κ1) is 18.6. The van der Waals surface area contributed by atoms with E-state index in [-0.39, 0.29) is 17.4 Å². The smallest absolute Gasteiger partial charge is 0.191 e. The molecule has 0 saturated heterocycles. The van der Waals surface area contributed by atoms with E-state index in [1.165, 1.54) is 6.07 Å². The maximum Gasteiger partial charge on any atom is 0.191 e. The first-order valence-electron chi connectivity index (χ1n) is 8.34. The summed E-state index contributed by atoms with van der Waals surface area (Å²) in [6.45, 7) is 4.96. The van der Waals surface area contributed by atoms with Crippen molar-refractivity contribution in [1.82, 2.24) is 5.16 Å². The molecule has 26 heavy (non-hydrogen) atoms. The summed E-state index contributed by atoms with van der Waals surface area (Å²) in [7, 11) is 0. The molecule has 5 nitrogen and oxygen atoms in total. The summed E-state index contributed by atoms with van der Waals surface area (Å²) in [4.78, 5) is 0. The molecule has 0 aliphatic heterocycles. The van der Waals surface area contributed by atoms with Crippen LogP contribution in [0.25, 0.3) is 22.2 Å². The molecule has 0 radical (unpaired) electrons. The third-order valence-electron chi connectivity index (χ3n) is 3.75. The van der Waals surface area contributed by atoms with E-state index in [0.29, 0.717) is 41.2 Å². The van der Waals surface area contributed by atoms with Gasteiger partial charge in [0.15, 0.2) is 11.9 Å². The predicted octanol–water partition coefficient (Wildman–Crippen LogP) is 5.07. The molecule has 0 aliphatic rings. The van der Waals surface area contributed by atoms with E-state index in [2.05, 4.69) is 5.16 Å². The van der Waals surface area contributed by atoms with Gasteiger partial charge in [0, 0.05) is 18.8 Å². The van der Waals surface area contributed by atoms with Crippen LogP contribution in [0.15, 0.2) is 40.9 Å². The van der Waals surface area contributed by atoms with Gasteiger partial charge < -0.3 is 18.7 Å². The van der Waals surface area contributed by atoms with Gasteiger partial charge in [-0.15, -0.1) is 0 Å². The fraction of sp³-hybridized carbons (Fsp3) is 0.316. The van der Waals surface area contributed by atoms with Crippen molar-refractivity contribution in [3.05, 3.63) is 47.2 Å². The number of fused-ring (bicyclic) bond motifs is 1. The third-order valence-corrected chi connectivity index (χ3v) is 4.11. The molecule has 2 aromatic carbocycles. The standard InChI is InChI=1S/C19H19ClFNO4/c1-3-23-16(24-4-2)11-25-15-10-9-13-18(22-26-19(13)17(15)20)12-7-5-6-8-14(12)21/h5-10,16H,3-4,11H2,1-2H3. The van der Waals surface area contributed by atoms with Crippen LogP contribution in [0, 0.1) is 5.82 Å². The highest BCUT2D eigenvalue weighted by Gasteiger charge is 2.19. The monoisotopic (exact) mass is 379 g/mol. The van der Waals surface area contributed by atoms with E-state index in [9.17, 15) is 4.39 Å². The van der Waals surface area contributed by atoms with Gasteiger partial charge in [0.05, 0.1) is 5.39 Å². The van der Waals surface area contributed by atoms with Crippen LogP contribution < -0.4 is 4.74 Å². The Kier molecular flexibility index (Phi) is 6.08. The van der Waals surface area contributed by atoms with Crippen LogP contribution in [0.3, 0.4) is 0 Å². The van der Waals surface area contributed by atoms with E-state index >= 15 is 0 Å². The van der Waals surface area contributed by atoms with E-state index in [1.54, 1.807) is 30.3 Å². The van der Waals surface area contributed by atoms with Crippen LogP contribution in [0.5, 0.6) is 5.75 Å².